The molecule has 0 bridgehead atoms. The van der Waals surface area contributed by atoms with Crippen LogP contribution < -0.4 is 10.5 Å². The third-order valence-electron chi connectivity index (χ3n) is 2.24. The van der Waals surface area contributed by atoms with Crippen molar-refractivity contribution in [3.63, 3.8) is 0 Å². The van der Waals surface area contributed by atoms with E-state index in [0.717, 1.165) is 6.07 Å². The Bertz CT molecular complexity index is 486. The molecule has 6 heteroatoms. The minimum atomic E-state index is -3.47. The standard InChI is InChI=1S/C11H17FN2O2S/c1-8(2)5-6-17(15,16)14-11-7-9(12)3-4-10(11)13/h3-4,7-8,14H,5-6,13H2,1-2H3. The third kappa shape index (κ3) is 4.60. The Morgan fingerprint density at radius 3 is 2.65 bits per heavy atom. The third-order valence-corrected chi connectivity index (χ3v) is 3.55. The van der Waals surface area contributed by atoms with Gasteiger partial charge < -0.3 is 5.73 Å². The van der Waals surface area contributed by atoms with Gasteiger partial charge in [0.15, 0.2) is 0 Å². The van der Waals surface area contributed by atoms with Crippen LogP contribution in [-0.2, 0) is 10.0 Å². The van der Waals surface area contributed by atoms with Crippen LogP contribution in [0.3, 0.4) is 0 Å². The highest BCUT2D eigenvalue weighted by Crippen LogP contribution is 2.21. The predicted molar refractivity (Wildman–Crippen MR) is 67.7 cm³/mol. The van der Waals surface area contributed by atoms with Gasteiger partial charge in [-0.3, -0.25) is 4.72 Å². The van der Waals surface area contributed by atoms with Gasteiger partial charge in [-0.1, -0.05) is 13.8 Å². The van der Waals surface area contributed by atoms with Crippen LogP contribution in [0.25, 0.3) is 0 Å². The van der Waals surface area contributed by atoms with Crippen molar-refractivity contribution in [1.82, 2.24) is 0 Å². The maximum Gasteiger partial charge on any atom is 0.232 e. The topological polar surface area (TPSA) is 72.2 Å². The van der Waals surface area contributed by atoms with Crippen LogP contribution in [0.4, 0.5) is 15.8 Å². The van der Waals surface area contributed by atoms with E-state index in [0.29, 0.717) is 6.42 Å². The molecule has 0 aliphatic carbocycles. The Balaban J connectivity index is 2.79. The second-order valence-electron chi connectivity index (χ2n) is 4.34. The summed E-state index contributed by atoms with van der Waals surface area (Å²) < 4.78 is 38.6. The maximum atomic E-state index is 12.9. The van der Waals surface area contributed by atoms with Gasteiger partial charge in [0.25, 0.3) is 0 Å². The first-order chi connectivity index (χ1) is 7.80. The molecule has 0 radical (unpaired) electrons. The summed E-state index contributed by atoms with van der Waals surface area (Å²) in [4.78, 5) is 0. The van der Waals surface area contributed by atoms with Crippen LogP contribution in [0.5, 0.6) is 0 Å². The van der Waals surface area contributed by atoms with E-state index < -0.39 is 15.8 Å². The summed E-state index contributed by atoms with van der Waals surface area (Å²) >= 11 is 0. The molecule has 0 fully saturated rings. The van der Waals surface area contributed by atoms with Crippen molar-refractivity contribution >= 4 is 21.4 Å². The molecule has 0 heterocycles. The van der Waals surface area contributed by atoms with Crippen LogP contribution in [0.15, 0.2) is 18.2 Å². The number of anilines is 2. The monoisotopic (exact) mass is 260 g/mol. The number of nitrogens with one attached hydrogen (secondary N) is 1. The van der Waals surface area contributed by atoms with E-state index in [1.165, 1.54) is 12.1 Å². The second-order valence-corrected chi connectivity index (χ2v) is 6.18. The van der Waals surface area contributed by atoms with Gasteiger partial charge in [-0.15, -0.1) is 0 Å². The first kappa shape index (κ1) is 13.8. The van der Waals surface area contributed by atoms with Crippen LogP contribution >= 0.6 is 0 Å². The fraction of sp³-hybridized carbons (Fsp3) is 0.455. The molecule has 96 valence electrons. The number of hydrogen-bond acceptors (Lipinski definition) is 3. The van der Waals surface area contributed by atoms with Gasteiger partial charge in [-0.05, 0) is 24.5 Å². The molecule has 0 aliphatic heterocycles. The molecule has 17 heavy (non-hydrogen) atoms. The Morgan fingerprint density at radius 2 is 2.06 bits per heavy atom. The fourth-order valence-electron chi connectivity index (χ4n) is 1.23. The summed E-state index contributed by atoms with van der Waals surface area (Å²) in [6.45, 7) is 3.87. The zero-order chi connectivity index (χ0) is 13.1. The zero-order valence-electron chi connectivity index (χ0n) is 9.90. The Labute approximate surface area is 101 Å². The van der Waals surface area contributed by atoms with Crippen molar-refractivity contribution in [2.75, 3.05) is 16.2 Å². The predicted octanol–water partition coefficient (Wildman–Crippen LogP) is 2.20. The minimum absolute atomic E-state index is 0.000615. The number of nitrogens with two attached hydrogens (primary N) is 1. The molecule has 1 aromatic rings. The summed E-state index contributed by atoms with van der Waals surface area (Å²) in [5, 5.41) is 0. The van der Waals surface area contributed by atoms with Gasteiger partial charge in [0.1, 0.15) is 5.82 Å². The molecule has 1 rings (SSSR count). The highest BCUT2D eigenvalue weighted by molar-refractivity contribution is 7.92. The molecule has 0 saturated carbocycles. The number of sulfonamides is 1. The van der Waals surface area contributed by atoms with Crippen molar-refractivity contribution in [3.05, 3.63) is 24.0 Å². The average molecular weight is 260 g/mol. The van der Waals surface area contributed by atoms with Crippen molar-refractivity contribution in [2.45, 2.75) is 20.3 Å². The molecule has 0 spiro atoms. The van der Waals surface area contributed by atoms with Gasteiger partial charge in [0, 0.05) is 6.07 Å². The van der Waals surface area contributed by atoms with E-state index in [4.69, 9.17) is 5.73 Å². The van der Waals surface area contributed by atoms with E-state index in [9.17, 15) is 12.8 Å². The van der Waals surface area contributed by atoms with Gasteiger partial charge in [-0.25, -0.2) is 12.8 Å². The number of benzene rings is 1. The largest absolute Gasteiger partial charge is 0.397 e. The number of hydrogen-bond donors (Lipinski definition) is 2. The smallest absolute Gasteiger partial charge is 0.232 e. The molecule has 0 unspecified atom stereocenters. The first-order valence-corrected chi connectivity index (χ1v) is 7.01. The molecule has 0 amide bonds. The normalized spacial score (nSPS) is 11.8. The van der Waals surface area contributed by atoms with E-state index in [1.54, 1.807) is 0 Å². The number of nitrogen functional groups attached to an aromatic ring is 1. The molecular formula is C11H17FN2O2S. The minimum Gasteiger partial charge on any atom is -0.397 e. The van der Waals surface area contributed by atoms with Crippen molar-refractivity contribution < 1.29 is 12.8 Å². The molecule has 1 aromatic carbocycles. The average Bonchev–Trinajstić information content (AvgIpc) is 2.20. The lowest BCUT2D eigenvalue weighted by Gasteiger charge is -2.11. The zero-order valence-corrected chi connectivity index (χ0v) is 10.7. The lowest BCUT2D eigenvalue weighted by molar-refractivity contribution is 0.578. The van der Waals surface area contributed by atoms with Crippen LogP contribution in [-0.4, -0.2) is 14.2 Å². The molecule has 3 N–H and O–H groups in total. The van der Waals surface area contributed by atoms with Crippen LogP contribution in [0.1, 0.15) is 20.3 Å². The summed E-state index contributed by atoms with van der Waals surface area (Å²) in [7, 11) is -3.47. The van der Waals surface area contributed by atoms with E-state index in [2.05, 4.69) is 4.72 Å². The lowest BCUT2D eigenvalue weighted by atomic mass is 10.2. The molecule has 0 saturated heterocycles. The van der Waals surface area contributed by atoms with E-state index in [1.807, 2.05) is 13.8 Å². The maximum absolute atomic E-state index is 12.9. The van der Waals surface area contributed by atoms with Gasteiger partial charge in [0.05, 0.1) is 17.1 Å². The molecular weight excluding hydrogens is 243 g/mol. The van der Waals surface area contributed by atoms with E-state index >= 15 is 0 Å². The van der Waals surface area contributed by atoms with Gasteiger partial charge in [-0.2, -0.15) is 0 Å². The lowest BCUT2D eigenvalue weighted by Crippen LogP contribution is -2.18. The Kier molecular flexibility index (Phi) is 4.34. The quantitative estimate of drug-likeness (QED) is 0.797. The SMILES string of the molecule is CC(C)CCS(=O)(=O)Nc1cc(F)ccc1N. The van der Waals surface area contributed by atoms with Gasteiger partial charge >= 0.3 is 0 Å². The molecule has 0 aliphatic rings. The summed E-state index contributed by atoms with van der Waals surface area (Å²) in [6.07, 6.45) is 0.546. The van der Waals surface area contributed by atoms with Crippen molar-refractivity contribution in [1.29, 1.82) is 0 Å². The summed E-state index contributed by atoms with van der Waals surface area (Å²) in [5.74, 6) is -0.238. The van der Waals surface area contributed by atoms with Crippen molar-refractivity contribution in [2.24, 2.45) is 5.92 Å². The number of halogens is 1. The molecule has 0 aromatic heterocycles. The van der Waals surface area contributed by atoms with Gasteiger partial charge in [0.2, 0.25) is 10.0 Å². The number of rotatable bonds is 5. The summed E-state index contributed by atoms with van der Waals surface area (Å²) in [5.41, 5.74) is 5.86. The highest BCUT2D eigenvalue weighted by Gasteiger charge is 2.13. The molecule has 4 nitrogen and oxygen atoms in total. The fourth-order valence-corrected chi connectivity index (χ4v) is 2.62. The van der Waals surface area contributed by atoms with E-state index in [-0.39, 0.29) is 23.0 Å². The van der Waals surface area contributed by atoms with Crippen molar-refractivity contribution in [3.8, 4) is 0 Å². The Morgan fingerprint density at radius 1 is 1.41 bits per heavy atom. The second kappa shape index (κ2) is 5.35. The van der Waals surface area contributed by atoms with Crippen LogP contribution in [0, 0.1) is 11.7 Å². The molecule has 0 atom stereocenters. The summed E-state index contributed by atoms with van der Waals surface area (Å²) in [6, 6.07) is 3.58. The van der Waals surface area contributed by atoms with Crippen LogP contribution in [0.2, 0.25) is 0 Å². The Hall–Kier alpha value is -1.30. The first-order valence-electron chi connectivity index (χ1n) is 5.35. The highest BCUT2D eigenvalue weighted by atomic mass is 32.2.